The van der Waals surface area contributed by atoms with Gasteiger partial charge < -0.3 is 15.4 Å². The fourth-order valence-corrected chi connectivity index (χ4v) is 2.76. The molecule has 5 heteroatoms. The van der Waals surface area contributed by atoms with E-state index in [2.05, 4.69) is 0 Å². The van der Waals surface area contributed by atoms with Crippen LogP contribution in [0.25, 0.3) is 0 Å². The van der Waals surface area contributed by atoms with Gasteiger partial charge in [-0.1, -0.05) is 6.07 Å². The van der Waals surface area contributed by atoms with Crippen molar-refractivity contribution in [2.75, 3.05) is 23.7 Å². The van der Waals surface area contributed by atoms with Crippen molar-refractivity contribution in [1.29, 1.82) is 0 Å². The third-order valence-corrected chi connectivity index (χ3v) is 3.70. The van der Waals surface area contributed by atoms with Gasteiger partial charge in [0.25, 0.3) is 0 Å². The average molecular weight is 250 g/mol. The van der Waals surface area contributed by atoms with Crippen LogP contribution in [0.5, 0.6) is 0 Å². The fraction of sp³-hybridized carbons (Fsp3) is 0.333. The van der Waals surface area contributed by atoms with Crippen LogP contribution < -0.4 is 10.6 Å². The van der Waals surface area contributed by atoms with E-state index in [4.69, 9.17) is 5.73 Å². The second-order valence-corrected chi connectivity index (χ2v) is 4.82. The number of carbonyl (C=O) groups excluding carboxylic acids is 2. The summed E-state index contributed by atoms with van der Waals surface area (Å²) in [6, 6.07) is 5.97. The monoisotopic (exact) mass is 250 g/mol. The molecule has 17 heavy (non-hydrogen) atoms. The molecule has 0 fully saturated rings. The second-order valence-electron chi connectivity index (χ2n) is 3.80. The summed E-state index contributed by atoms with van der Waals surface area (Å²) in [5, 5.41) is 0. The first-order valence-corrected chi connectivity index (χ1v) is 6.44. The molecule has 1 aliphatic rings. The number of carbonyl (C=O) groups is 2. The van der Waals surface area contributed by atoms with Crippen molar-refractivity contribution in [3.05, 3.63) is 23.8 Å². The molecule has 0 saturated heterocycles. The summed E-state index contributed by atoms with van der Waals surface area (Å²) in [6.07, 6.45) is 1.54. The summed E-state index contributed by atoms with van der Waals surface area (Å²) in [5.74, 6) is 0.386. The number of fused-ring (bicyclic) bond motifs is 1. The number of rotatable bonds is 4. The average Bonchev–Trinajstić information content (AvgIpc) is 2.33. The molecule has 1 heterocycles. The number of benzene rings is 1. The molecule has 2 N–H and O–H groups in total. The van der Waals surface area contributed by atoms with E-state index in [1.807, 2.05) is 18.2 Å². The Morgan fingerprint density at radius 3 is 3.00 bits per heavy atom. The number of aldehydes is 1. The van der Waals surface area contributed by atoms with E-state index >= 15 is 0 Å². The summed E-state index contributed by atoms with van der Waals surface area (Å²) in [5.41, 5.74) is 7.45. The first-order chi connectivity index (χ1) is 8.26. The van der Waals surface area contributed by atoms with Crippen molar-refractivity contribution in [2.24, 2.45) is 5.73 Å². The molecule has 4 nitrogen and oxygen atoms in total. The van der Waals surface area contributed by atoms with Crippen molar-refractivity contribution >= 4 is 29.6 Å². The topological polar surface area (TPSA) is 63.4 Å². The molecule has 1 aliphatic heterocycles. The van der Waals surface area contributed by atoms with Gasteiger partial charge in [-0.2, -0.15) is 0 Å². The maximum absolute atomic E-state index is 11.7. The molecular weight excluding hydrogens is 236 g/mol. The quantitative estimate of drug-likeness (QED) is 0.804. The highest BCUT2D eigenvalue weighted by atomic mass is 32.2. The van der Waals surface area contributed by atoms with Crippen LogP contribution in [0, 0.1) is 0 Å². The Bertz CT molecular complexity index is 448. The largest absolute Gasteiger partial charge is 0.330 e. The van der Waals surface area contributed by atoms with Gasteiger partial charge in [0.05, 0.1) is 18.0 Å². The van der Waals surface area contributed by atoms with Crippen molar-refractivity contribution in [3.63, 3.8) is 0 Å². The number of nitrogens with two attached hydrogens (primary N) is 1. The number of hydrogen-bond donors (Lipinski definition) is 1. The lowest BCUT2D eigenvalue weighted by molar-refractivity contribution is -0.117. The molecule has 0 aromatic heterocycles. The minimum Gasteiger partial charge on any atom is -0.330 e. The van der Waals surface area contributed by atoms with Crippen LogP contribution in [0.4, 0.5) is 5.69 Å². The molecule has 0 aliphatic carbocycles. The molecule has 2 rings (SSSR count). The lowest BCUT2D eigenvalue weighted by Gasteiger charge is -2.27. The predicted octanol–water partition coefficient (Wildman–Crippen LogP) is 0.825. The van der Waals surface area contributed by atoms with Crippen LogP contribution in [-0.2, 0) is 16.0 Å². The van der Waals surface area contributed by atoms with Gasteiger partial charge in [0, 0.05) is 4.90 Å². The van der Waals surface area contributed by atoms with Crippen LogP contribution in [0.1, 0.15) is 5.56 Å². The summed E-state index contributed by atoms with van der Waals surface area (Å²) < 4.78 is 0. The fourth-order valence-electron chi connectivity index (χ4n) is 1.84. The summed E-state index contributed by atoms with van der Waals surface area (Å²) in [6.45, 7) is 0.700. The van der Waals surface area contributed by atoms with Crippen LogP contribution in [0.2, 0.25) is 0 Å². The maximum Gasteiger partial charge on any atom is 0.237 e. The van der Waals surface area contributed by atoms with Gasteiger partial charge in [0.1, 0.15) is 6.29 Å². The van der Waals surface area contributed by atoms with Gasteiger partial charge in [0.2, 0.25) is 5.91 Å². The van der Waals surface area contributed by atoms with Gasteiger partial charge in [-0.25, -0.2) is 0 Å². The van der Waals surface area contributed by atoms with Gasteiger partial charge >= 0.3 is 0 Å². The van der Waals surface area contributed by atoms with E-state index in [9.17, 15) is 9.59 Å². The Labute approximate surface area is 104 Å². The Hall–Kier alpha value is -1.33. The van der Waals surface area contributed by atoms with Crippen LogP contribution in [0.3, 0.4) is 0 Å². The molecule has 0 unspecified atom stereocenters. The Balaban J connectivity index is 2.37. The lowest BCUT2D eigenvalue weighted by Crippen LogP contribution is -2.36. The third-order valence-electron chi connectivity index (χ3n) is 2.66. The normalized spacial score (nSPS) is 14.6. The minimum atomic E-state index is -0.0144. The van der Waals surface area contributed by atoms with Crippen molar-refractivity contribution < 1.29 is 9.59 Å². The van der Waals surface area contributed by atoms with Crippen molar-refractivity contribution in [1.82, 2.24) is 0 Å². The molecule has 1 amide bonds. The first kappa shape index (κ1) is 12.1. The van der Waals surface area contributed by atoms with E-state index in [1.165, 1.54) is 11.8 Å². The molecular formula is C12H14N2O2S. The van der Waals surface area contributed by atoms with E-state index < -0.39 is 0 Å². The zero-order valence-corrected chi connectivity index (χ0v) is 10.2. The van der Waals surface area contributed by atoms with Crippen LogP contribution in [-0.4, -0.2) is 31.0 Å². The zero-order valence-electron chi connectivity index (χ0n) is 9.39. The Kier molecular flexibility index (Phi) is 3.81. The number of thioether (sulfide) groups is 1. The highest BCUT2D eigenvalue weighted by Gasteiger charge is 2.24. The Morgan fingerprint density at radius 1 is 1.47 bits per heavy atom. The van der Waals surface area contributed by atoms with Crippen molar-refractivity contribution in [3.8, 4) is 0 Å². The van der Waals surface area contributed by atoms with E-state index in [1.54, 1.807) is 4.90 Å². The third kappa shape index (κ3) is 2.50. The molecule has 0 saturated carbocycles. The molecule has 1 aromatic carbocycles. The van der Waals surface area contributed by atoms with Crippen molar-refractivity contribution in [2.45, 2.75) is 11.3 Å². The summed E-state index contributed by atoms with van der Waals surface area (Å²) >= 11 is 1.51. The molecule has 0 atom stereocenters. The first-order valence-electron chi connectivity index (χ1n) is 5.46. The van der Waals surface area contributed by atoms with Gasteiger partial charge in [0.15, 0.2) is 0 Å². The standard InChI is InChI=1S/C12H14N2O2S/c13-4-3-9-1-2-11-10(7-9)14(5-6-15)12(16)8-17-11/h1-2,6-7H,3-5,8,13H2. The molecule has 0 bridgehead atoms. The Morgan fingerprint density at radius 2 is 2.29 bits per heavy atom. The lowest BCUT2D eigenvalue weighted by atomic mass is 10.1. The van der Waals surface area contributed by atoms with E-state index in [0.29, 0.717) is 12.3 Å². The maximum atomic E-state index is 11.7. The van der Waals surface area contributed by atoms with Gasteiger partial charge in [-0.05, 0) is 30.7 Å². The number of nitrogens with zero attached hydrogens (tertiary/aromatic N) is 1. The van der Waals surface area contributed by atoms with E-state index in [0.717, 1.165) is 28.9 Å². The minimum absolute atomic E-state index is 0.0144. The number of anilines is 1. The highest BCUT2D eigenvalue weighted by Crippen LogP contribution is 2.35. The zero-order chi connectivity index (χ0) is 12.3. The second kappa shape index (κ2) is 5.33. The van der Waals surface area contributed by atoms with Gasteiger partial charge in [-0.15, -0.1) is 11.8 Å². The summed E-state index contributed by atoms with van der Waals surface area (Å²) in [4.78, 5) is 24.9. The highest BCUT2D eigenvalue weighted by molar-refractivity contribution is 8.00. The molecule has 90 valence electrons. The SMILES string of the molecule is NCCc1ccc2c(c1)N(CC=O)C(=O)CS2. The number of hydrogen-bond acceptors (Lipinski definition) is 4. The molecule has 1 aromatic rings. The van der Waals surface area contributed by atoms with Crippen LogP contribution in [0.15, 0.2) is 23.1 Å². The predicted molar refractivity (Wildman–Crippen MR) is 68.3 cm³/mol. The molecule has 0 spiro atoms. The number of amides is 1. The van der Waals surface area contributed by atoms with Crippen LogP contribution >= 0.6 is 11.8 Å². The summed E-state index contributed by atoms with van der Waals surface area (Å²) in [7, 11) is 0. The molecule has 0 radical (unpaired) electrons. The van der Waals surface area contributed by atoms with Gasteiger partial charge in [-0.3, -0.25) is 4.79 Å². The smallest absolute Gasteiger partial charge is 0.237 e. The van der Waals surface area contributed by atoms with E-state index in [-0.39, 0.29) is 12.5 Å².